The molecule has 0 bridgehead atoms. The van der Waals surface area contributed by atoms with Crippen LogP contribution in [0.25, 0.3) is 106 Å². The van der Waals surface area contributed by atoms with Gasteiger partial charge in [0.25, 0.3) is 6.71 Å². The molecule has 0 N–H and O–H groups in total. The lowest BCUT2D eigenvalue weighted by atomic mass is 9.33. The minimum absolute atomic E-state index is 0.0249. The summed E-state index contributed by atoms with van der Waals surface area (Å²) in [6.45, 7) is 4.57. The molecule has 92 heavy (non-hydrogen) atoms. The van der Waals surface area contributed by atoms with Gasteiger partial charge in [0.15, 0.2) is 17.5 Å². The number of anilines is 6. The van der Waals surface area contributed by atoms with Gasteiger partial charge >= 0.3 is 0 Å². The van der Waals surface area contributed by atoms with E-state index in [9.17, 15) is 19.2 Å². The first-order valence-corrected chi connectivity index (χ1v) is 29.4. The molecule has 0 spiro atoms. The smallest absolute Gasteiger partial charge is 0.252 e. The van der Waals surface area contributed by atoms with Crippen LogP contribution in [0.1, 0.15) is 64.7 Å². The second-order valence-electron chi connectivity index (χ2n) is 23.1. The molecule has 0 atom stereocenters. The molecule has 0 amide bonds. The van der Waals surface area contributed by atoms with E-state index >= 15 is 0 Å². The average molecular weight is 1210 g/mol. The minimum atomic E-state index is -1.11. The number of hydrogen-bond acceptors (Lipinski definition) is 5. The summed E-state index contributed by atoms with van der Waals surface area (Å²) in [5.41, 5.74) is 2.74. The number of rotatable bonds is 10. The van der Waals surface area contributed by atoms with Crippen LogP contribution in [0.15, 0.2) is 315 Å². The van der Waals surface area contributed by atoms with Gasteiger partial charge in [0.2, 0.25) is 0 Å². The van der Waals surface area contributed by atoms with E-state index in [-0.39, 0.29) is 78.1 Å². The van der Waals surface area contributed by atoms with Gasteiger partial charge in [-0.05, 0) is 127 Å². The van der Waals surface area contributed by atoms with E-state index in [0.29, 0.717) is 44.5 Å². The molecule has 0 saturated heterocycles. The molecule has 7 heteroatoms. The van der Waals surface area contributed by atoms with Gasteiger partial charge in [0.05, 0.1) is 66.5 Å². The van der Waals surface area contributed by atoms with Crippen LogP contribution in [0.4, 0.5) is 34.1 Å². The third-order valence-corrected chi connectivity index (χ3v) is 16.8. The Morgan fingerprint density at radius 1 is 0.326 bits per heavy atom. The Morgan fingerprint density at radius 3 is 1.26 bits per heavy atom. The molecule has 0 unspecified atom stereocenters. The Labute approximate surface area is 576 Å². The molecule has 4 heterocycles. The van der Waals surface area contributed by atoms with Crippen molar-refractivity contribution in [2.45, 2.75) is 26.2 Å². The van der Waals surface area contributed by atoms with E-state index in [1.807, 2.05) is 105 Å². The SMILES string of the molecule is [2H]c1c([2H])c([2H])c(-c2ccc3c(c2)N(c2ccc(-c4ccccc4)cc2-c2ccccc2)c2cc(-n4c5c([2H])c([2H])c([2H])c([2H])c5c5c([2H])c([2H])c([2H])c([2H])c54)cc4c2B3c2ccc(-c3c([2H])c([2H])c([2H])c([2H])c3[2H])cc2N4c2ccc(C(C)(C)C)cc2-c2nc(-c3c([2H])c([2H])c([2H])c([2H])c3[2H])nc(-c3c([2H])c([2H])c([2H])c([2H])c3[2H])n2)c([2H])c1[2H]. The van der Waals surface area contributed by atoms with Crippen LogP contribution in [0.3, 0.4) is 0 Å². The maximum atomic E-state index is 10.0. The van der Waals surface area contributed by atoms with E-state index in [1.54, 1.807) is 71.6 Å². The number of benzene rings is 13. The average Bonchev–Trinajstić information content (AvgIpc) is 1.10. The van der Waals surface area contributed by atoms with E-state index in [1.165, 1.54) is 4.57 Å². The Balaban J connectivity index is 1.11. The highest BCUT2D eigenvalue weighted by Gasteiger charge is 2.45. The summed E-state index contributed by atoms with van der Waals surface area (Å²) >= 11 is 0. The Bertz CT molecular complexity index is 6820. The standard InChI is InChI=1S/C85H61BN6/c1-85(2,3)65-45-49-76(70(53-65)84-88-82(60-34-18-8-19-35-60)87-83(89-84)61-36-20-9-21-37-61)92-78-52-64(58-30-14-6-15-31-58)43-47-72(78)86-71-46-42-63(57-28-12-5-13-29-57)51-77(71)91(75-48-44-62(56-26-10-4-11-27-56)50-69(75)59-32-16-7-17-33-59)79-54-66(55-80(92)81(79)86)90-73-40-24-22-38-67(73)68-39-23-25-41-74(68)90/h4-55H,1-3H3/i5D,6D,8D,9D,12D,13D,14D,15D,18D,19D,20D,21D,22D,23D,24D,25D,28D,29D,30D,31D,34D,35D,36D,37D,38D,39D,40D,41D. The highest BCUT2D eigenvalue weighted by Crippen LogP contribution is 2.51. The molecule has 0 radical (unpaired) electrons. The fourth-order valence-electron chi connectivity index (χ4n) is 12.6. The van der Waals surface area contributed by atoms with Crippen molar-refractivity contribution >= 4 is 79.0 Å². The fraction of sp³-hybridized carbons (Fsp3) is 0.0471. The minimum Gasteiger partial charge on any atom is -0.311 e. The first-order valence-electron chi connectivity index (χ1n) is 43.4. The zero-order valence-corrected chi connectivity index (χ0v) is 49.1. The van der Waals surface area contributed by atoms with Gasteiger partial charge in [-0.25, -0.2) is 15.0 Å². The molecular formula is C85H61BN6. The number of nitrogens with zero attached hydrogens (tertiary/aromatic N) is 6. The van der Waals surface area contributed by atoms with Gasteiger partial charge in [-0.15, -0.1) is 0 Å². The third kappa shape index (κ3) is 9.31. The summed E-state index contributed by atoms with van der Waals surface area (Å²) in [5, 5.41) is -0.600. The van der Waals surface area contributed by atoms with Gasteiger partial charge < -0.3 is 14.4 Å². The van der Waals surface area contributed by atoms with Crippen molar-refractivity contribution in [1.29, 1.82) is 0 Å². The lowest BCUT2D eigenvalue weighted by Gasteiger charge is -2.45. The van der Waals surface area contributed by atoms with Gasteiger partial charge in [-0.2, -0.15) is 0 Å². The van der Waals surface area contributed by atoms with E-state index in [0.717, 1.165) is 11.1 Å². The van der Waals surface area contributed by atoms with Crippen LogP contribution in [0, 0.1) is 0 Å². The van der Waals surface area contributed by atoms with Gasteiger partial charge in [-0.1, -0.05) is 275 Å². The maximum Gasteiger partial charge on any atom is 0.252 e. The van der Waals surface area contributed by atoms with Crippen molar-refractivity contribution in [3.05, 3.63) is 320 Å². The van der Waals surface area contributed by atoms with E-state index in [4.69, 9.17) is 29.2 Å². The van der Waals surface area contributed by atoms with Crippen molar-refractivity contribution in [2.24, 2.45) is 0 Å². The number of aromatic nitrogens is 4. The molecule has 0 saturated carbocycles. The summed E-state index contributed by atoms with van der Waals surface area (Å²) in [7, 11) is 0. The first-order chi connectivity index (χ1) is 56.9. The predicted molar refractivity (Wildman–Crippen MR) is 385 cm³/mol. The summed E-state index contributed by atoms with van der Waals surface area (Å²) in [4.78, 5) is 18.3. The monoisotopic (exact) mass is 1200 g/mol. The number of fused-ring (bicyclic) bond motifs is 7. The second-order valence-corrected chi connectivity index (χ2v) is 23.1. The van der Waals surface area contributed by atoms with Crippen molar-refractivity contribution in [3.63, 3.8) is 0 Å². The Kier molecular flexibility index (Phi) is 7.87. The Hall–Kier alpha value is -11.7. The van der Waals surface area contributed by atoms with E-state index < -0.39 is 210 Å². The third-order valence-electron chi connectivity index (χ3n) is 16.8. The quantitative estimate of drug-likeness (QED) is 0.128. The molecule has 13 aromatic carbocycles. The zero-order chi connectivity index (χ0) is 85.8. The molecular weight excluding hydrogens is 1120 g/mol. The maximum absolute atomic E-state index is 10.0. The molecule has 15 aromatic rings. The van der Waals surface area contributed by atoms with Crippen molar-refractivity contribution in [1.82, 2.24) is 19.5 Å². The topological polar surface area (TPSA) is 50.1 Å². The fourth-order valence-corrected chi connectivity index (χ4v) is 12.6. The molecule has 0 aliphatic carbocycles. The second kappa shape index (κ2) is 22.1. The number of hydrogen-bond donors (Lipinski definition) is 0. The molecule has 0 fully saturated rings. The normalized spacial score (nSPS) is 16.7. The van der Waals surface area contributed by atoms with Crippen LogP contribution in [0.5, 0.6) is 0 Å². The van der Waals surface area contributed by atoms with E-state index in [2.05, 4.69) is 4.98 Å². The molecule has 2 aliphatic rings. The van der Waals surface area contributed by atoms with Gasteiger partial charge in [-0.3, -0.25) is 0 Å². The van der Waals surface area contributed by atoms with Crippen LogP contribution >= 0.6 is 0 Å². The zero-order valence-electron chi connectivity index (χ0n) is 77.1. The molecule has 2 aliphatic heterocycles. The van der Waals surface area contributed by atoms with Gasteiger partial charge in [0, 0.05) is 55.8 Å². The van der Waals surface area contributed by atoms with Crippen LogP contribution < -0.4 is 26.2 Å². The summed E-state index contributed by atoms with van der Waals surface area (Å²) < 4.78 is 260. The largest absolute Gasteiger partial charge is 0.311 e. The lowest BCUT2D eigenvalue weighted by Crippen LogP contribution is -2.61. The summed E-state index contributed by atoms with van der Waals surface area (Å²) in [6, 6.07) is 23.0. The van der Waals surface area contributed by atoms with Crippen LogP contribution in [-0.2, 0) is 5.41 Å². The first kappa shape index (κ1) is 32.7. The Morgan fingerprint density at radius 2 is 0.750 bits per heavy atom. The number of para-hydroxylation sites is 2. The molecule has 6 nitrogen and oxygen atoms in total. The van der Waals surface area contributed by atoms with Crippen LogP contribution in [0.2, 0.25) is 0 Å². The van der Waals surface area contributed by atoms with Crippen molar-refractivity contribution in [3.8, 4) is 84.4 Å². The molecule has 17 rings (SSSR count). The summed E-state index contributed by atoms with van der Waals surface area (Å²) in [6.07, 6.45) is 0. The van der Waals surface area contributed by atoms with Gasteiger partial charge in [0.1, 0.15) is 0 Å². The predicted octanol–water partition coefficient (Wildman–Crippen LogP) is 20.0. The summed E-state index contributed by atoms with van der Waals surface area (Å²) in [5.74, 6) is -1.68. The highest BCUT2D eigenvalue weighted by molar-refractivity contribution is 7.00. The van der Waals surface area contributed by atoms with Crippen molar-refractivity contribution < 1.29 is 38.4 Å². The highest BCUT2D eigenvalue weighted by atomic mass is 15.2. The van der Waals surface area contributed by atoms with Crippen LogP contribution in [-0.4, -0.2) is 26.2 Å². The lowest BCUT2D eigenvalue weighted by molar-refractivity contribution is 0.590. The van der Waals surface area contributed by atoms with Crippen molar-refractivity contribution in [2.75, 3.05) is 9.80 Å². The molecule has 434 valence electrons. The molecule has 2 aromatic heterocycles.